The monoisotopic (exact) mass is 267 g/mol. The maximum Gasteiger partial charge on any atom is 0.188 e. The molecule has 0 saturated carbocycles. The summed E-state index contributed by atoms with van der Waals surface area (Å²) in [4.78, 5) is 4.52. The van der Waals surface area contributed by atoms with Gasteiger partial charge in [-0.15, -0.1) is 0 Å². The summed E-state index contributed by atoms with van der Waals surface area (Å²) in [5.74, 6) is 0.838. The van der Waals surface area contributed by atoms with E-state index in [-0.39, 0.29) is 11.7 Å². The average molecular weight is 267 g/mol. The van der Waals surface area contributed by atoms with Crippen molar-refractivity contribution in [2.75, 3.05) is 18.8 Å². The molecule has 0 fully saturated rings. The van der Waals surface area contributed by atoms with Crippen molar-refractivity contribution in [2.24, 2.45) is 10.7 Å². The van der Waals surface area contributed by atoms with E-state index in [0.29, 0.717) is 17.4 Å². The fourth-order valence-electron chi connectivity index (χ4n) is 1.89. The van der Waals surface area contributed by atoms with Gasteiger partial charge in [-0.25, -0.2) is 8.42 Å². The van der Waals surface area contributed by atoms with Gasteiger partial charge in [0.25, 0.3) is 0 Å². The van der Waals surface area contributed by atoms with Crippen LogP contribution in [0.2, 0.25) is 0 Å². The minimum atomic E-state index is -3.12. The Kier molecular flexibility index (Phi) is 3.56. The van der Waals surface area contributed by atoms with Crippen LogP contribution in [0.25, 0.3) is 0 Å². The smallest absolute Gasteiger partial charge is 0.188 e. The molecule has 0 aliphatic carbocycles. The summed E-state index contributed by atoms with van der Waals surface area (Å²) >= 11 is 0. The lowest BCUT2D eigenvalue weighted by Gasteiger charge is -2.21. The van der Waals surface area contributed by atoms with Crippen LogP contribution >= 0.6 is 0 Å². The normalized spacial score (nSPS) is 20.1. The Balaban J connectivity index is 2.18. The van der Waals surface area contributed by atoms with E-state index in [0.717, 1.165) is 12.1 Å². The predicted molar refractivity (Wildman–Crippen MR) is 71.4 cm³/mol. The van der Waals surface area contributed by atoms with Gasteiger partial charge in [-0.2, -0.15) is 0 Å². The zero-order chi connectivity index (χ0) is 13.2. The molecule has 98 valence electrons. The van der Waals surface area contributed by atoms with E-state index < -0.39 is 9.84 Å². The summed E-state index contributed by atoms with van der Waals surface area (Å²) in [6, 6.07) is 7.03. The fourth-order valence-corrected chi connectivity index (χ4v) is 2.78. The number of sulfone groups is 1. The maximum atomic E-state index is 11.7. The molecule has 1 heterocycles. The third kappa shape index (κ3) is 2.64. The first-order chi connectivity index (χ1) is 8.53. The fraction of sp³-hybridized carbons (Fsp3) is 0.417. The van der Waals surface area contributed by atoms with Crippen LogP contribution in [-0.2, 0) is 9.84 Å². The molecule has 5 nitrogen and oxygen atoms in total. The highest BCUT2D eigenvalue weighted by molar-refractivity contribution is 7.91. The Morgan fingerprint density at radius 2 is 2.06 bits per heavy atom. The summed E-state index contributed by atoms with van der Waals surface area (Å²) < 4.78 is 23.4. The molecular weight excluding hydrogens is 250 g/mol. The van der Waals surface area contributed by atoms with Crippen LogP contribution in [0.5, 0.6) is 0 Å². The van der Waals surface area contributed by atoms with Gasteiger partial charge in [0.2, 0.25) is 0 Å². The van der Waals surface area contributed by atoms with Gasteiger partial charge in [-0.1, -0.05) is 19.1 Å². The van der Waals surface area contributed by atoms with E-state index in [1.165, 1.54) is 0 Å². The second kappa shape index (κ2) is 4.97. The number of guanidine groups is 1. The Morgan fingerprint density at radius 3 is 2.56 bits per heavy atom. The molecular formula is C12H17N3O2S. The number of nitrogens with zero attached hydrogens (tertiary/aromatic N) is 1. The molecule has 0 aromatic heterocycles. The van der Waals surface area contributed by atoms with Crippen molar-refractivity contribution >= 4 is 15.8 Å². The minimum Gasteiger partial charge on any atom is -0.370 e. The molecule has 2 rings (SSSR count). The topological polar surface area (TPSA) is 84.5 Å². The predicted octanol–water partition coefficient (Wildman–Crippen LogP) is 0.482. The molecule has 1 aromatic carbocycles. The number of nitrogens with two attached hydrogens (primary N) is 1. The number of benzene rings is 1. The van der Waals surface area contributed by atoms with Crippen LogP contribution in [0.15, 0.2) is 34.2 Å². The lowest BCUT2D eigenvalue weighted by Crippen LogP contribution is -2.39. The van der Waals surface area contributed by atoms with E-state index in [1.54, 1.807) is 19.1 Å². The first kappa shape index (κ1) is 12.9. The first-order valence-electron chi connectivity index (χ1n) is 5.89. The van der Waals surface area contributed by atoms with Gasteiger partial charge in [-0.3, -0.25) is 4.99 Å². The van der Waals surface area contributed by atoms with Gasteiger partial charge < -0.3 is 11.1 Å². The highest BCUT2D eigenvalue weighted by Gasteiger charge is 2.17. The third-order valence-electron chi connectivity index (χ3n) is 3.10. The largest absolute Gasteiger partial charge is 0.370 e. The van der Waals surface area contributed by atoms with Gasteiger partial charge in [0.15, 0.2) is 15.8 Å². The molecule has 3 N–H and O–H groups in total. The van der Waals surface area contributed by atoms with Gasteiger partial charge in [0.05, 0.1) is 17.2 Å². The molecule has 0 amide bonds. The van der Waals surface area contributed by atoms with Crippen molar-refractivity contribution < 1.29 is 8.42 Å². The maximum absolute atomic E-state index is 11.7. The molecule has 0 saturated heterocycles. The van der Waals surface area contributed by atoms with E-state index >= 15 is 0 Å². The molecule has 1 aliphatic heterocycles. The van der Waals surface area contributed by atoms with Crippen LogP contribution in [-0.4, -0.2) is 33.2 Å². The van der Waals surface area contributed by atoms with Crippen molar-refractivity contribution in [3.63, 3.8) is 0 Å². The van der Waals surface area contributed by atoms with Crippen molar-refractivity contribution in [3.8, 4) is 0 Å². The Hall–Kier alpha value is -1.56. The molecule has 1 aliphatic rings. The quantitative estimate of drug-likeness (QED) is 0.834. The van der Waals surface area contributed by atoms with Crippen molar-refractivity contribution in [1.82, 2.24) is 5.32 Å². The Labute approximate surface area is 107 Å². The summed E-state index contributed by atoms with van der Waals surface area (Å²) in [5, 5.41) is 3.00. The standard InChI is InChI=1S/C12H17N3O2S/c1-2-18(16,17)11-5-3-9(4-6-11)10-7-14-12(13)15-8-10/h3-6,10H,2,7-8H2,1H3,(H3,13,14,15). The molecule has 18 heavy (non-hydrogen) atoms. The highest BCUT2D eigenvalue weighted by atomic mass is 32.2. The molecule has 1 unspecified atom stereocenters. The minimum absolute atomic E-state index is 0.123. The van der Waals surface area contributed by atoms with Crippen LogP contribution in [0, 0.1) is 0 Å². The molecule has 0 bridgehead atoms. The van der Waals surface area contributed by atoms with E-state index in [4.69, 9.17) is 5.73 Å². The molecule has 0 radical (unpaired) electrons. The SMILES string of the molecule is CCS(=O)(=O)c1ccc(C2CN=C(N)NC2)cc1. The molecule has 0 spiro atoms. The van der Waals surface area contributed by atoms with Crippen molar-refractivity contribution in [3.05, 3.63) is 29.8 Å². The summed E-state index contributed by atoms with van der Waals surface area (Å²) in [6.07, 6.45) is 0. The van der Waals surface area contributed by atoms with E-state index in [9.17, 15) is 8.42 Å². The van der Waals surface area contributed by atoms with Crippen LogP contribution < -0.4 is 11.1 Å². The summed E-state index contributed by atoms with van der Waals surface area (Å²) in [7, 11) is -3.12. The molecule has 6 heteroatoms. The number of hydrogen-bond acceptors (Lipinski definition) is 5. The second-order valence-corrected chi connectivity index (χ2v) is 6.55. The van der Waals surface area contributed by atoms with Gasteiger partial charge >= 0.3 is 0 Å². The Morgan fingerprint density at radius 1 is 1.39 bits per heavy atom. The number of hydrogen-bond donors (Lipinski definition) is 2. The van der Waals surface area contributed by atoms with Crippen LogP contribution in [0.4, 0.5) is 0 Å². The zero-order valence-electron chi connectivity index (χ0n) is 10.3. The lowest BCUT2D eigenvalue weighted by atomic mass is 9.98. The van der Waals surface area contributed by atoms with E-state index in [2.05, 4.69) is 10.3 Å². The highest BCUT2D eigenvalue weighted by Crippen LogP contribution is 2.20. The zero-order valence-corrected chi connectivity index (χ0v) is 11.1. The van der Waals surface area contributed by atoms with Crippen molar-refractivity contribution in [1.29, 1.82) is 0 Å². The number of aliphatic imine (C=N–C) groups is 1. The van der Waals surface area contributed by atoms with Gasteiger partial charge in [0.1, 0.15) is 0 Å². The number of nitrogens with one attached hydrogen (secondary N) is 1. The lowest BCUT2D eigenvalue weighted by molar-refractivity contribution is 0.597. The molecule has 1 aromatic rings. The van der Waals surface area contributed by atoms with Crippen LogP contribution in [0.3, 0.4) is 0 Å². The molecule has 1 atom stereocenters. The summed E-state index contributed by atoms with van der Waals surface area (Å²) in [5.41, 5.74) is 6.61. The van der Waals surface area contributed by atoms with Gasteiger partial charge in [-0.05, 0) is 17.7 Å². The first-order valence-corrected chi connectivity index (χ1v) is 7.54. The van der Waals surface area contributed by atoms with E-state index in [1.807, 2.05) is 12.1 Å². The van der Waals surface area contributed by atoms with Crippen molar-refractivity contribution in [2.45, 2.75) is 17.7 Å². The third-order valence-corrected chi connectivity index (χ3v) is 4.85. The van der Waals surface area contributed by atoms with Crippen LogP contribution in [0.1, 0.15) is 18.4 Å². The number of rotatable bonds is 3. The summed E-state index contributed by atoms with van der Waals surface area (Å²) in [6.45, 7) is 3.01. The second-order valence-electron chi connectivity index (χ2n) is 4.28. The average Bonchev–Trinajstić information content (AvgIpc) is 2.40. The van der Waals surface area contributed by atoms with Gasteiger partial charge in [0, 0.05) is 12.5 Å². The Bertz CT molecular complexity index is 549.